The summed E-state index contributed by atoms with van der Waals surface area (Å²) in [7, 11) is -2.69. The molecular formula is C13H12N2O5S. The predicted octanol–water partition coefficient (Wildman–Crippen LogP) is 2.40. The Bertz CT molecular complexity index is 774. The van der Waals surface area contributed by atoms with Crippen molar-refractivity contribution in [3.05, 3.63) is 58.6 Å². The number of hydrogen-bond donors (Lipinski definition) is 1. The minimum atomic E-state index is -4.09. The van der Waals surface area contributed by atoms with Gasteiger partial charge in [0.05, 0.1) is 17.7 Å². The molecule has 0 unspecified atom stereocenters. The normalized spacial score (nSPS) is 10.9. The first-order valence-corrected chi connectivity index (χ1v) is 7.33. The van der Waals surface area contributed by atoms with E-state index in [4.69, 9.17) is 4.74 Å². The zero-order chi connectivity index (χ0) is 15.5. The first kappa shape index (κ1) is 14.8. The van der Waals surface area contributed by atoms with Crippen molar-refractivity contribution in [2.45, 2.75) is 4.90 Å². The van der Waals surface area contributed by atoms with E-state index in [-0.39, 0.29) is 5.69 Å². The molecule has 0 heterocycles. The van der Waals surface area contributed by atoms with Crippen molar-refractivity contribution in [1.29, 1.82) is 0 Å². The molecule has 0 bridgehead atoms. The van der Waals surface area contributed by atoms with Crippen molar-refractivity contribution in [2.75, 3.05) is 11.8 Å². The minimum absolute atomic E-state index is 0.207. The number of ether oxygens (including phenoxy) is 1. The Hall–Kier alpha value is -2.61. The molecule has 0 aliphatic heterocycles. The van der Waals surface area contributed by atoms with Crippen molar-refractivity contribution in [3.8, 4) is 5.75 Å². The van der Waals surface area contributed by atoms with E-state index in [9.17, 15) is 18.5 Å². The number of nitro groups is 1. The smallest absolute Gasteiger partial charge is 0.289 e. The van der Waals surface area contributed by atoms with Crippen molar-refractivity contribution >= 4 is 21.4 Å². The lowest BCUT2D eigenvalue weighted by molar-refractivity contribution is -0.387. The van der Waals surface area contributed by atoms with Gasteiger partial charge in [0.25, 0.3) is 15.7 Å². The van der Waals surface area contributed by atoms with Gasteiger partial charge in [0.15, 0.2) is 4.90 Å². The van der Waals surface area contributed by atoms with E-state index in [1.54, 1.807) is 18.2 Å². The van der Waals surface area contributed by atoms with Crippen LogP contribution in [0.25, 0.3) is 0 Å². The number of nitro benzene ring substituents is 1. The maximum atomic E-state index is 12.3. The highest BCUT2D eigenvalue weighted by Gasteiger charge is 2.25. The molecule has 0 saturated heterocycles. The topological polar surface area (TPSA) is 98.5 Å². The molecule has 0 fully saturated rings. The summed E-state index contributed by atoms with van der Waals surface area (Å²) < 4.78 is 32.0. The molecule has 0 aliphatic rings. The molecule has 0 saturated carbocycles. The Morgan fingerprint density at radius 3 is 2.38 bits per heavy atom. The third kappa shape index (κ3) is 3.11. The standard InChI is InChI=1S/C13H12N2O5S/c1-20-12-8-4-2-6-10(12)14-21(18,19)13-9-5-3-7-11(13)15(16)17/h2-9,14H,1H3. The second-order valence-corrected chi connectivity index (χ2v) is 5.68. The SMILES string of the molecule is COc1ccccc1NS(=O)(=O)c1ccccc1[N+](=O)[O-]. The number of hydrogen-bond acceptors (Lipinski definition) is 5. The van der Waals surface area contributed by atoms with Gasteiger partial charge < -0.3 is 4.74 Å². The highest BCUT2D eigenvalue weighted by Crippen LogP contribution is 2.29. The fourth-order valence-corrected chi connectivity index (χ4v) is 3.01. The number of para-hydroxylation sites is 3. The fourth-order valence-electron chi connectivity index (χ4n) is 1.76. The van der Waals surface area contributed by atoms with Crippen LogP contribution in [0.5, 0.6) is 5.75 Å². The molecule has 21 heavy (non-hydrogen) atoms. The predicted molar refractivity (Wildman–Crippen MR) is 76.9 cm³/mol. The van der Waals surface area contributed by atoms with Crippen LogP contribution in [-0.4, -0.2) is 20.5 Å². The third-order valence-corrected chi connectivity index (χ3v) is 4.12. The van der Waals surface area contributed by atoms with Gasteiger partial charge in [0.2, 0.25) is 0 Å². The van der Waals surface area contributed by atoms with Crippen LogP contribution >= 0.6 is 0 Å². The summed E-state index contributed by atoms with van der Waals surface area (Å²) in [4.78, 5) is 9.79. The molecule has 0 spiro atoms. The zero-order valence-corrected chi connectivity index (χ0v) is 11.8. The Morgan fingerprint density at radius 1 is 1.10 bits per heavy atom. The Kier molecular flexibility index (Phi) is 4.08. The van der Waals surface area contributed by atoms with Gasteiger partial charge in [0.1, 0.15) is 5.75 Å². The molecule has 0 aliphatic carbocycles. The lowest BCUT2D eigenvalue weighted by atomic mass is 10.3. The Morgan fingerprint density at radius 2 is 1.71 bits per heavy atom. The summed E-state index contributed by atoms with van der Waals surface area (Å²) in [6.45, 7) is 0. The van der Waals surface area contributed by atoms with Gasteiger partial charge in [-0.25, -0.2) is 8.42 Å². The van der Waals surface area contributed by atoms with Crippen molar-refractivity contribution in [3.63, 3.8) is 0 Å². The van der Waals surface area contributed by atoms with Crippen LogP contribution in [0.3, 0.4) is 0 Å². The van der Waals surface area contributed by atoms with Crippen LogP contribution < -0.4 is 9.46 Å². The number of rotatable bonds is 5. The molecule has 1 N–H and O–H groups in total. The van der Waals surface area contributed by atoms with E-state index in [1.165, 1.54) is 31.4 Å². The first-order valence-electron chi connectivity index (χ1n) is 5.85. The highest BCUT2D eigenvalue weighted by atomic mass is 32.2. The summed E-state index contributed by atoms with van der Waals surface area (Å²) in [6.07, 6.45) is 0. The van der Waals surface area contributed by atoms with Crippen molar-refractivity contribution in [2.24, 2.45) is 0 Å². The number of methoxy groups -OCH3 is 1. The lowest BCUT2D eigenvalue weighted by Gasteiger charge is -2.11. The number of benzene rings is 2. The van der Waals surface area contributed by atoms with Crippen LogP contribution in [0.4, 0.5) is 11.4 Å². The van der Waals surface area contributed by atoms with Crippen LogP contribution in [-0.2, 0) is 10.0 Å². The molecule has 2 rings (SSSR count). The molecule has 2 aromatic rings. The van der Waals surface area contributed by atoms with Crippen LogP contribution in [0.15, 0.2) is 53.4 Å². The Labute approximate surface area is 121 Å². The average molecular weight is 308 g/mol. The van der Waals surface area contributed by atoms with Crippen LogP contribution in [0.1, 0.15) is 0 Å². The molecular weight excluding hydrogens is 296 g/mol. The zero-order valence-electron chi connectivity index (χ0n) is 11.0. The van der Waals surface area contributed by atoms with E-state index in [0.29, 0.717) is 5.75 Å². The summed E-state index contributed by atoms with van der Waals surface area (Å²) in [5, 5.41) is 10.9. The highest BCUT2D eigenvalue weighted by molar-refractivity contribution is 7.92. The maximum absolute atomic E-state index is 12.3. The third-order valence-electron chi connectivity index (χ3n) is 2.70. The molecule has 0 atom stereocenters. The average Bonchev–Trinajstić information content (AvgIpc) is 2.47. The van der Waals surface area contributed by atoms with E-state index in [0.717, 1.165) is 6.07 Å². The molecule has 8 heteroatoms. The summed E-state index contributed by atoms with van der Waals surface area (Å²) >= 11 is 0. The summed E-state index contributed by atoms with van der Waals surface area (Å²) in [5.74, 6) is 0.319. The molecule has 0 aromatic heterocycles. The van der Waals surface area contributed by atoms with Gasteiger partial charge in [-0.3, -0.25) is 14.8 Å². The number of sulfonamides is 1. The number of anilines is 1. The molecule has 0 radical (unpaired) electrons. The maximum Gasteiger partial charge on any atom is 0.289 e. The lowest BCUT2D eigenvalue weighted by Crippen LogP contribution is -2.15. The fraction of sp³-hybridized carbons (Fsp3) is 0.0769. The van der Waals surface area contributed by atoms with Crippen molar-refractivity contribution < 1.29 is 18.1 Å². The van der Waals surface area contributed by atoms with E-state index < -0.39 is 25.5 Å². The summed E-state index contributed by atoms with van der Waals surface area (Å²) in [6, 6.07) is 11.5. The molecule has 7 nitrogen and oxygen atoms in total. The second kappa shape index (κ2) is 5.80. The van der Waals surface area contributed by atoms with Crippen molar-refractivity contribution in [1.82, 2.24) is 0 Å². The van der Waals surface area contributed by atoms with Gasteiger partial charge >= 0.3 is 0 Å². The largest absolute Gasteiger partial charge is 0.495 e. The number of nitrogens with one attached hydrogen (secondary N) is 1. The van der Waals surface area contributed by atoms with Crippen LogP contribution in [0, 0.1) is 10.1 Å². The molecule has 110 valence electrons. The molecule has 0 amide bonds. The van der Waals surface area contributed by atoms with E-state index >= 15 is 0 Å². The summed E-state index contributed by atoms with van der Waals surface area (Å²) in [5.41, 5.74) is -0.280. The minimum Gasteiger partial charge on any atom is -0.495 e. The van der Waals surface area contributed by atoms with E-state index in [2.05, 4.69) is 4.72 Å². The van der Waals surface area contributed by atoms with Gasteiger partial charge in [-0.1, -0.05) is 24.3 Å². The molecule has 2 aromatic carbocycles. The van der Waals surface area contributed by atoms with Gasteiger partial charge in [-0.05, 0) is 18.2 Å². The second-order valence-electron chi connectivity index (χ2n) is 4.03. The first-order chi connectivity index (χ1) is 9.95. The quantitative estimate of drug-likeness (QED) is 0.675. The number of nitrogens with zero attached hydrogens (tertiary/aromatic N) is 1. The van der Waals surface area contributed by atoms with Gasteiger partial charge in [-0.2, -0.15) is 0 Å². The van der Waals surface area contributed by atoms with Gasteiger partial charge in [0, 0.05) is 6.07 Å². The van der Waals surface area contributed by atoms with Crippen LogP contribution in [0.2, 0.25) is 0 Å². The van der Waals surface area contributed by atoms with Gasteiger partial charge in [-0.15, -0.1) is 0 Å². The Balaban J connectivity index is 2.46. The van der Waals surface area contributed by atoms with E-state index in [1.807, 2.05) is 0 Å². The monoisotopic (exact) mass is 308 g/mol.